The van der Waals surface area contributed by atoms with Gasteiger partial charge in [-0.05, 0) is 60.9 Å². The fourth-order valence-electron chi connectivity index (χ4n) is 3.95. The van der Waals surface area contributed by atoms with Crippen molar-refractivity contribution in [3.8, 4) is 0 Å². The van der Waals surface area contributed by atoms with E-state index in [2.05, 4.69) is 19.8 Å². The molecule has 0 atom stereocenters. The Hall–Kier alpha value is -4.07. The van der Waals surface area contributed by atoms with Crippen LogP contribution >= 0.6 is 0 Å². The molecule has 1 amide bonds. The molecule has 3 aromatic carbocycles. The Morgan fingerprint density at radius 2 is 1.56 bits per heavy atom. The third kappa shape index (κ3) is 8.71. The number of nitrogens with zero attached hydrogens (tertiary/aromatic N) is 1. The quantitative estimate of drug-likeness (QED) is 0.302. The van der Waals surface area contributed by atoms with Gasteiger partial charge in [0.1, 0.15) is 5.84 Å². The summed E-state index contributed by atoms with van der Waals surface area (Å²) < 4.78 is 60.7. The van der Waals surface area contributed by atoms with E-state index in [1.165, 1.54) is 48.5 Å². The summed E-state index contributed by atoms with van der Waals surface area (Å²) in [6.07, 6.45) is 3.36. The fourth-order valence-corrected chi connectivity index (χ4v) is 6.10. The van der Waals surface area contributed by atoms with Crippen LogP contribution in [0.5, 0.6) is 0 Å². The summed E-state index contributed by atoms with van der Waals surface area (Å²) in [5.74, 6) is -1.10. The van der Waals surface area contributed by atoms with Crippen molar-refractivity contribution in [2.24, 2.45) is 4.99 Å². The normalized spacial score (nSPS) is 13.9. The van der Waals surface area contributed by atoms with Crippen LogP contribution in [0.2, 0.25) is 0 Å². The molecule has 13 heteroatoms. The Balaban J connectivity index is 1.29. The van der Waals surface area contributed by atoms with Crippen LogP contribution in [0.1, 0.15) is 41.6 Å². The van der Waals surface area contributed by atoms with Crippen LogP contribution in [-0.4, -0.2) is 47.7 Å². The summed E-state index contributed by atoms with van der Waals surface area (Å²) in [5, 5.41) is 2.52. The van der Waals surface area contributed by atoms with Crippen molar-refractivity contribution in [3.63, 3.8) is 0 Å². The van der Waals surface area contributed by atoms with Crippen LogP contribution in [0.4, 0.5) is 5.69 Å². The van der Waals surface area contributed by atoms with E-state index in [1.54, 1.807) is 24.3 Å². The number of aliphatic imine (C=N–C) groups is 1. The molecule has 216 valence electrons. The zero-order valence-electron chi connectivity index (χ0n) is 22.1. The first-order valence-corrected chi connectivity index (χ1v) is 15.9. The largest absolute Gasteiger partial charge is 0.452 e. The molecule has 3 aromatic rings. The minimum Gasteiger partial charge on any atom is -0.452 e. The van der Waals surface area contributed by atoms with E-state index in [9.17, 15) is 26.4 Å². The number of carbonyl (C=O) groups is 2. The van der Waals surface area contributed by atoms with Crippen molar-refractivity contribution >= 4 is 43.4 Å². The molecular formula is C28H30N4O7S2. The standard InChI is InChI=1S/C28H30N4O7S2/c33-27(31-23-13-15-24(16-14-23)41(37,38)32-26-12-5-2-6-17-29-26)20-39-28(34)22-10-7-11-25(18-22)40(35,36)30-19-21-8-3-1-4-9-21/h1,3-4,7-11,13-16,18,30H,2,5-6,12,17,19-20H2,(H,29,32)(H,31,33). The first-order valence-electron chi connectivity index (χ1n) is 12.9. The van der Waals surface area contributed by atoms with Gasteiger partial charge in [-0.15, -0.1) is 0 Å². The number of amides is 1. The highest BCUT2D eigenvalue weighted by Crippen LogP contribution is 2.16. The monoisotopic (exact) mass is 598 g/mol. The molecule has 0 bridgehead atoms. The zero-order chi connectivity index (χ0) is 29.3. The van der Waals surface area contributed by atoms with Gasteiger partial charge in [-0.2, -0.15) is 0 Å². The van der Waals surface area contributed by atoms with Gasteiger partial charge in [0.25, 0.3) is 15.9 Å². The minimum absolute atomic E-state index is 0.0157. The SMILES string of the molecule is O=C(COC(=O)c1cccc(S(=O)(=O)NCc2ccccc2)c1)Nc1ccc(S(=O)(=O)NC2=NCCCCC2)cc1. The Bertz CT molecular complexity index is 1620. The number of carbonyl (C=O) groups excluding carboxylic acids is 2. The molecule has 0 saturated carbocycles. The summed E-state index contributed by atoms with van der Waals surface area (Å²) in [6, 6.07) is 19.8. The lowest BCUT2D eigenvalue weighted by atomic mass is 10.2. The molecule has 1 aliphatic rings. The number of hydrogen-bond donors (Lipinski definition) is 3. The third-order valence-corrected chi connectivity index (χ3v) is 8.89. The predicted octanol–water partition coefficient (Wildman–Crippen LogP) is 3.21. The molecule has 0 fully saturated rings. The first kappa shape index (κ1) is 29.9. The lowest BCUT2D eigenvalue weighted by Crippen LogP contribution is -2.30. The molecular weight excluding hydrogens is 568 g/mol. The fraction of sp³-hybridized carbons (Fsp3) is 0.250. The molecule has 11 nitrogen and oxygen atoms in total. The summed E-state index contributed by atoms with van der Waals surface area (Å²) in [6.45, 7) is 0.0319. The second-order valence-electron chi connectivity index (χ2n) is 9.23. The second kappa shape index (κ2) is 13.5. The lowest BCUT2D eigenvalue weighted by molar-refractivity contribution is -0.119. The highest BCUT2D eigenvalue weighted by molar-refractivity contribution is 7.90. The van der Waals surface area contributed by atoms with Crippen LogP contribution in [-0.2, 0) is 36.1 Å². The van der Waals surface area contributed by atoms with Crippen molar-refractivity contribution in [2.45, 2.75) is 42.0 Å². The number of nitrogens with one attached hydrogen (secondary N) is 3. The van der Waals surface area contributed by atoms with E-state index >= 15 is 0 Å². The average molecular weight is 599 g/mol. The molecule has 4 rings (SSSR count). The second-order valence-corrected chi connectivity index (χ2v) is 12.7. The Morgan fingerprint density at radius 1 is 0.805 bits per heavy atom. The maximum Gasteiger partial charge on any atom is 0.338 e. The van der Waals surface area contributed by atoms with Gasteiger partial charge in [-0.1, -0.05) is 42.8 Å². The molecule has 3 N–H and O–H groups in total. The van der Waals surface area contributed by atoms with Crippen LogP contribution < -0.4 is 14.8 Å². The molecule has 1 heterocycles. The van der Waals surface area contributed by atoms with Gasteiger partial charge in [0.2, 0.25) is 10.0 Å². The highest BCUT2D eigenvalue weighted by Gasteiger charge is 2.19. The topological polar surface area (TPSA) is 160 Å². The Labute approximate surface area is 239 Å². The van der Waals surface area contributed by atoms with E-state index < -0.39 is 38.5 Å². The zero-order valence-corrected chi connectivity index (χ0v) is 23.7. The minimum atomic E-state index is -3.90. The number of amidine groups is 1. The van der Waals surface area contributed by atoms with Gasteiger partial charge in [-0.25, -0.2) is 26.4 Å². The number of esters is 1. The molecule has 0 radical (unpaired) electrons. The average Bonchev–Trinajstić information content (AvgIpc) is 3.24. The summed E-state index contributed by atoms with van der Waals surface area (Å²) in [5.41, 5.74) is 1.03. The molecule has 0 aromatic heterocycles. The number of ether oxygens (including phenoxy) is 1. The lowest BCUT2D eigenvalue weighted by Gasteiger charge is -2.11. The highest BCUT2D eigenvalue weighted by atomic mass is 32.2. The number of rotatable bonds is 10. The van der Waals surface area contributed by atoms with Crippen molar-refractivity contribution in [1.29, 1.82) is 0 Å². The molecule has 0 saturated heterocycles. The van der Waals surface area contributed by atoms with Crippen molar-refractivity contribution in [1.82, 2.24) is 9.44 Å². The molecule has 0 unspecified atom stereocenters. The van der Waals surface area contributed by atoms with E-state index in [1.807, 2.05) is 6.07 Å². The summed E-state index contributed by atoms with van der Waals surface area (Å²) in [4.78, 5) is 29.0. The number of hydrogen-bond acceptors (Lipinski definition) is 8. The number of anilines is 1. The summed E-state index contributed by atoms with van der Waals surface area (Å²) in [7, 11) is -7.72. The van der Waals surface area contributed by atoms with E-state index in [4.69, 9.17) is 4.74 Å². The van der Waals surface area contributed by atoms with E-state index in [0.717, 1.165) is 24.8 Å². The van der Waals surface area contributed by atoms with Gasteiger partial charge < -0.3 is 10.1 Å². The molecule has 0 aliphatic carbocycles. The molecule has 1 aliphatic heterocycles. The number of sulfonamides is 2. The van der Waals surface area contributed by atoms with Crippen LogP contribution in [0.25, 0.3) is 0 Å². The maximum absolute atomic E-state index is 12.7. The van der Waals surface area contributed by atoms with E-state index in [0.29, 0.717) is 24.5 Å². The smallest absolute Gasteiger partial charge is 0.338 e. The van der Waals surface area contributed by atoms with Crippen LogP contribution in [0.3, 0.4) is 0 Å². The van der Waals surface area contributed by atoms with Gasteiger partial charge in [-0.3, -0.25) is 14.5 Å². The number of benzene rings is 3. The van der Waals surface area contributed by atoms with Gasteiger partial charge in [0, 0.05) is 25.2 Å². The third-order valence-electron chi connectivity index (χ3n) is 6.10. The first-order chi connectivity index (χ1) is 19.6. The van der Waals surface area contributed by atoms with Gasteiger partial charge in [0.15, 0.2) is 6.61 Å². The predicted molar refractivity (Wildman–Crippen MR) is 153 cm³/mol. The Kier molecular flexibility index (Phi) is 9.86. The van der Waals surface area contributed by atoms with Crippen LogP contribution in [0.15, 0.2) is 93.6 Å². The molecule has 0 spiro atoms. The van der Waals surface area contributed by atoms with Gasteiger partial charge >= 0.3 is 5.97 Å². The van der Waals surface area contributed by atoms with Crippen LogP contribution in [0, 0.1) is 0 Å². The Morgan fingerprint density at radius 3 is 2.32 bits per heavy atom. The molecule has 41 heavy (non-hydrogen) atoms. The van der Waals surface area contributed by atoms with Crippen molar-refractivity contribution in [2.75, 3.05) is 18.5 Å². The summed E-state index contributed by atoms with van der Waals surface area (Å²) >= 11 is 0. The van der Waals surface area contributed by atoms with E-state index in [-0.39, 0.29) is 21.9 Å². The van der Waals surface area contributed by atoms with Gasteiger partial charge in [0.05, 0.1) is 15.4 Å². The van der Waals surface area contributed by atoms with Crippen molar-refractivity contribution < 1.29 is 31.2 Å². The maximum atomic E-state index is 12.7. The van der Waals surface area contributed by atoms with Crippen molar-refractivity contribution in [3.05, 3.63) is 90.0 Å².